The lowest BCUT2D eigenvalue weighted by Crippen LogP contribution is -2.44. The van der Waals surface area contributed by atoms with Gasteiger partial charge in [0.1, 0.15) is 11.8 Å². The number of thiophene rings is 1. The Kier molecular flexibility index (Phi) is 6.40. The van der Waals surface area contributed by atoms with E-state index in [9.17, 15) is 18.0 Å². The third-order valence-corrected chi connectivity index (χ3v) is 7.85. The van der Waals surface area contributed by atoms with Crippen molar-refractivity contribution < 1.29 is 22.7 Å². The second-order valence-corrected chi connectivity index (χ2v) is 10.1. The van der Waals surface area contributed by atoms with Crippen molar-refractivity contribution in [3.05, 3.63) is 77.0 Å². The minimum absolute atomic E-state index is 0.00962. The molecule has 1 unspecified atom stereocenters. The van der Waals surface area contributed by atoms with Gasteiger partial charge >= 0.3 is 0 Å². The molecule has 7 nitrogen and oxygen atoms in total. The molecule has 2 heterocycles. The van der Waals surface area contributed by atoms with Crippen LogP contribution in [-0.4, -0.2) is 37.2 Å². The Balaban J connectivity index is 1.68. The van der Waals surface area contributed by atoms with Gasteiger partial charge in [-0.1, -0.05) is 24.3 Å². The van der Waals surface area contributed by atoms with Crippen molar-refractivity contribution in [2.24, 2.45) is 0 Å². The number of ether oxygens (including phenoxy) is 1. The summed E-state index contributed by atoms with van der Waals surface area (Å²) < 4.78 is 33.5. The molecule has 1 aliphatic rings. The average molecular weight is 471 g/mol. The lowest BCUT2D eigenvalue weighted by Gasteiger charge is -2.26. The van der Waals surface area contributed by atoms with Crippen LogP contribution in [0.2, 0.25) is 0 Å². The Bertz CT molecular complexity index is 1190. The third kappa shape index (κ3) is 4.32. The number of imide groups is 1. The highest BCUT2D eigenvalue weighted by molar-refractivity contribution is 7.89. The van der Waals surface area contributed by atoms with Crippen LogP contribution in [0.15, 0.2) is 77.0 Å². The number of amides is 2. The standard InChI is InChI=1S/C23H22N2O5S2/c1-2-30-18-12-10-17(11-13-18)25-22(26)15-21(23(25)27)24(16-19-7-6-14-31-19)32(28,29)20-8-4-3-5-9-20/h3-14,21H,2,15-16H2,1H3. The summed E-state index contributed by atoms with van der Waals surface area (Å²) in [5.74, 6) is -0.378. The van der Waals surface area contributed by atoms with Crippen LogP contribution in [0.3, 0.4) is 0 Å². The molecule has 0 bridgehead atoms. The molecule has 166 valence electrons. The summed E-state index contributed by atoms with van der Waals surface area (Å²) in [5, 5.41) is 1.84. The van der Waals surface area contributed by atoms with Crippen molar-refractivity contribution in [2.75, 3.05) is 11.5 Å². The molecule has 3 aromatic rings. The third-order valence-electron chi connectivity index (χ3n) is 5.12. The summed E-state index contributed by atoms with van der Waals surface area (Å²) in [7, 11) is -4.02. The van der Waals surface area contributed by atoms with Gasteiger partial charge in [-0.3, -0.25) is 9.59 Å². The van der Waals surface area contributed by atoms with Gasteiger partial charge in [0.2, 0.25) is 15.9 Å². The summed E-state index contributed by atoms with van der Waals surface area (Å²) in [5.41, 5.74) is 0.388. The van der Waals surface area contributed by atoms with E-state index in [2.05, 4.69) is 0 Å². The normalized spacial score (nSPS) is 16.7. The van der Waals surface area contributed by atoms with E-state index < -0.39 is 27.9 Å². The minimum Gasteiger partial charge on any atom is -0.494 e. The van der Waals surface area contributed by atoms with Gasteiger partial charge in [0.25, 0.3) is 5.91 Å². The quantitative estimate of drug-likeness (QED) is 0.469. The lowest BCUT2D eigenvalue weighted by atomic mass is 10.2. The van der Waals surface area contributed by atoms with Crippen LogP contribution < -0.4 is 9.64 Å². The van der Waals surface area contributed by atoms with Gasteiger partial charge in [-0.2, -0.15) is 4.31 Å². The molecule has 0 aliphatic carbocycles. The van der Waals surface area contributed by atoms with Gasteiger partial charge in [-0.25, -0.2) is 13.3 Å². The second-order valence-electron chi connectivity index (χ2n) is 7.16. The number of hydrogen-bond donors (Lipinski definition) is 0. The van der Waals surface area contributed by atoms with Gasteiger partial charge in [0, 0.05) is 11.4 Å². The van der Waals surface area contributed by atoms with E-state index in [1.165, 1.54) is 23.5 Å². The summed E-state index contributed by atoms with van der Waals surface area (Å²) in [4.78, 5) is 28.1. The number of hydrogen-bond acceptors (Lipinski definition) is 6. The van der Waals surface area contributed by atoms with Crippen molar-refractivity contribution in [3.8, 4) is 5.75 Å². The molecule has 1 aromatic heterocycles. The van der Waals surface area contributed by atoms with Gasteiger partial charge in [0.15, 0.2) is 0 Å². The molecule has 32 heavy (non-hydrogen) atoms. The van der Waals surface area contributed by atoms with Crippen molar-refractivity contribution >= 4 is 38.9 Å². The van der Waals surface area contributed by atoms with E-state index in [0.29, 0.717) is 18.0 Å². The molecule has 9 heteroatoms. The lowest BCUT2D eigenvalue weighted by molar-refractivity contribution is -0.122. The highest BCUT2D eigenvalue weighted by Crippen LogP contribution is 2.32. The molecule has 0 radical (unpaired) electrons. The zero-order valence-electron chi connectivity index (χ0n) is 17.4. The van der Waals surface area contributed by atoms with E-state index in [1.54, 1.807) is 42.5 Å². The predicted octanol–water partition coefficient (Wildman–Crippen LogP) is 3.67. The van der Waals surface area contributed by atoms with E-state index in [0.717, 1.165) is 14.1 Å². The first kappa shape index (κ1) is 22.2. The first-order valence-electron chi connectivity index (χ1n) is 10.1. The Hall–Kier alpha value is -3.01. The maximum Gasteiger partial charge on any atom is 0.252 e. The molecule has 2 amide bonds. The number of carbonyl (C=O) groups excluding carboxylic acids is 2. The van der Waals surface area contributed by atoms with Crippen molar-refractivity contribution in [3.63, 3.8) is 0 Å². The van der Waals surface area contributed by atoms with Gasteiger partial charge in [0.05, 0.1) is 23.6 Å². The number of benzene rings is 2. The number of rotatable bonds is 8. The van der Waals surface area contributed by atoms with Crippen molar-refractivity contribution in [2.45, 2.75) is 30.8 Å². The summed E-state index contributed by atoms with van der Waals surface area (Å²) >= 11 is 1.40. The topological polar surface area (TPSA) is 84.0 Å². The van der Waals surface area contributed by atoms with Gasteiger partial charge in [-0.05, 0) is 54.8 Å². The fourth-order valence-electron chi connectivity index (χ4n) is 3.62. The molecule has 4 rings (SSSR count). The van der Waals surface area contributed by atoms with E-state index in [-0.39, 0.29) is 17.9 Å². The monoisotopic (exact) mass is 470 g/mol. The Morgan fingerprint density at radius 3 is 2.38 bits per heavy atom. The summed E-state index contributed by atoms with van der Waals surface area (Å²) in [6.45, 7) is 2.37. The first-order chi connectivity index (χ1) is 15.4. The highest BCUT2D eigenvalue weighted by atomic mass is 32.2. The summed E-state index contributed by atoms with van der Waals surface area (Å²) in [6.07, 6.45) is -0.219. The molecular weight excluding hydrogens is 448 g/mol. The number of carbonyl (C=O) groups is 2. The predicted molar refractivity (Wildman–Crippen MR) is 122 cm³/mol. The zero-order valence-corrected chi connectivity index (χ0v) is 19.0. The first-order valence-corrected chi connectivity index (χ1v) is 12.4. The van der Waals surface area contributed by atoms with Crippen LogP contribution in [0.4, 0.5) is 5.69 Å². The fourth-order valence-corrected chi connectivity index (χ4v) is 5.98. The van der Waals surface area contributed by atoms with Gasteiger partial charge < -0.3 is 4.74 Å². The van der Waals surface area contributed by atoms with Crippen LogP contribution in [-0.2, 0) is 26.2 Å². The number of nitrogens with zero attached hydrogens (tertiary/aromatic N) is 2. The Morgan fingerprint density at radius 1 is 1.03 bits per heavy atom. The summed E-state index contributed by atoms with van der Waals surface area (Å²) in [6, 6.07) is 17.1. The van der Waals surface area contributed by atoms with Gasteiger partial charge in [-0.15, -0.1) is 11.3 Å². The smallest absolute Gasteiger partial charge is 0.252 e. The number of anilines is 1. The maximum atomic E-state index is 13.5. The molecular formula is C23H22N2O5S2. The fraction of sp³-hybridized carbons (Fsp3) is 0.217. The second kappa shape index (κ2) is 9.23. The molecule has 1 aliphatic heterocycles. The molecule has 0 spiro atoms. The average Bonchev–Trinajstić information content (AvgIpc) is 3.41. The largest absolute Gasteiger partial charge is 0.494 e. The maximum absolute atomic E-state index is 13.5. The van der Waals surface area contributed by atoms with Crippen LogP contribution in [0.5, 0.6) is 5.75 Å². The van der Waals surface area contributed by atoms with E-state index in [4.69, 9.17) is 4.74 Å². The van der Waals surface area contributed by atoms with Crippen LogP contribution in [0.1, 0.15) is 18.2 Å². The molecule has 0 saturated carbocycles. The zero-order chi connectivity index (χ0) is 22.7. The molecule has 1 fully saturated rings. The SMILES string of the molecule is CCOc1ccc(N2C(=O)CC(N(Cc3cccs3)S(=O)(=O)c3ccccc3)C2=O)cc1. The van der Waals surface area contributed by atoms with Crippen LogP contribution in [0, 0.1) is 0 Å². The molecule has 1 saturated heterocycles. The number of sulfonamides is 1. The van der Waals surface area contributed by atoms with Crippen LogP contribution in [0.25, 0.3) is 0 Å². The van der Waals surface area contributed by atoms with Crippen molar-refractivity contribution in [1.29, 1.82) is 0 Å². The van der Waals surface area contributed by atoms with E-state index >= 15 is 0 Å². The molecule has 1 atom stereocenters. The van der Waals surface area contributed by atoms with Crippen LogP contribution >= 0.6 is 11.3 Å². The van der Waals surface area contributed by atoms with E-state index in [1.807, 2.05) is 24.4 Å². The van der Waals surface area contributed by atoms with Crippen molar-refractivity contribution in [1.82, 2.24) is 4.31 Å². The minimum atomic E-state index is -4.02. The molecule has 2 aromatic carbocycles. The molecule has 0 N–H and O–H groups in total. The highest BCUT2D eigenvalue weighted by Gasteiger charge is 2.47. The Morgan fingerprint density at radius 2 is 1.75 bits per heavy atom. The Labute approximate surface area is 190 Å².